The van der Waals surface area contributed by atoms with Crippen molar-refractivity contribution >= 4 is 27.7 Å². The summed E-state index contributed by atoms with van der Waals surface area (Å²) in [7, 11) is -3.39. The first-order valence-electron chi connectivity index (χ1n) is 16.6. The molecular formula is C35H43F3N4O5S. The van der Waals surface area contributed by atoms with Crippen LogP contribution in [0.3, 0.4) is 0 Å². The van der Waals surface area contributed by atoms with Crippen LogP contribution in [0.5, 0.6) is 0 Å². The topological polar surface area (TPSA) is 98.3 Å². The predicted molar refractivity (Wildman–Crippen MR) is 172 cm³/mol. The number of likely N-dealkylation sites (tertiary alicyclic amines) is 2. The van der Waals surface area contributed by atoms with E-state index < -0.39 is 32.9 Å². The normalized spacial score (nSPS) is 24.5. The number of urea groups is 1. The van der Waals surface area contributed by atoms with E-state index in [1.165, 1.54) is 21.9 Å². The smallest absolute Gasteiger partial charge is 0.341 e. The lowest BCUT2D eigenvalue weighted by Gasteiger charge is -2.44. The second-order valence-electron chi connectivity index (χ2n) is 14.3. The third-order valence-electron chi connectivity index (χ3n) is 11.0. The van der Waals surface area contributed by atoms with E-state index >= 15 is 0 Å². The molecule has 1 aliphatic carbocycles. The maximum atomic E-state index is 14.1. The molecule has 1 spiro atoms. The lowest BCUT2D eigenvalue weighted by Crippen LogP contribution is -2.58. The van der Waals surface area contributed by atoms with Crippen LogP contribution in [0, 0.1) is 11.3 Å². The van der Waals surface area contributed by atoms with E-state index in [4.69, 9.17) is 0 Å². The number of carbonyl (C=O) groups excluding carboxylic acids is 3. The van der Waals surface area contributed by atoms with Gasteiger partial charge in [-0.05, 0) is 68.7 Å². The molecule has 0 bridgehead atoms. The van der Waals surface area contributed by atoms with Crippen molar-refractivity contribution in [2.24, 2.45) is 11.3 Å². The van der Waals surface area contributed by atoms with Crippen molar-refractivity contribution in [2.45, 2.75) is 81.1 Å². The predicted octanol–water partition coefficient (Wildman–Crippen LogP) is 5.07. The number of alkyl halides is 3. The molecule has 2 atom stereocenters. The zero-order valence-corrected chi connectivity index (χ0v) is 28.4. The fourth-order valence-corrected chi connectivity index (χ4v) is 8.91. The van der Waals surface area contributed by atoms with Crippen molar-refractivity contribution in [1.82, 2.24) is 19.6 Å². The van der Waals surface area contributed by atoms with Gasteiger partial charge in [-0.2, -0.15) is 13.2 Å². The van der Waals surface area contributed by atoms with Gasteiger partial charge in [-0.15, -0.1) is 0 Å². The lowest BCUT2D eigenvalue weighted by atomic mass is 9.67. The van der Waals surface area contributed by atoms with Gasteiger partial charge in [-0.25, -0.2) is 13.2 Å². The zero-order valence-electron chi connectivity index (χ0n) is 27.6. The molecule has 2 aromatic carbocycles. The van der Waals surface area contributed by atoms with Gasteiger partial charge < -0.3 is 14.7 Å². The summed E-state index contributed by atoms with van der Waals surface area (Å²) < 4.78 is 66.1. The molecular weight excluding hydrogens is 645 g/mol. The van der Waals surface area contributed by atoms with Gasteiger partial charge in [0.15, 0.2) is 9.84 Å². The highest BCUT2D eigenvalue weighted by Crippen LogP contribution is 2.55. The average Bonchev–Trinajstić information content (AvgIpc) is 3.50. The van der Waals surface area contributed by atoms with Gasteiger partial charge in [0.1, 0.15) is 11.0 Å². The summed E-state index contributed by atoms with van der Waals surface area (Å²) in [6.45, 7) is 5.84. The Bertz CT molecular complexity index is 1650. The van der Waals surface area contributed by atoms with E-state index in [-0.39, 0.29) is 67.2 Å². The SMILES string of the molecule is CC(C)N1C(=O)N(Cc2ccc(S(C)(=O)=O)cc2)C(=O)C12CCN(CC1CN(C(=O)C3(C(F)(F)F)CCC3)CC1c1ccccc1)CC2. The fraction of sp³-hybridized carbons (Fsp3) is 0.571. The molecule has 0 N–H and O–H groups in total. The Balaban J connectivity index is 1.17. The molecule has 13 heteroatoms. The number of amides is 4. The molecule has 3 aliphatic heterocycles. The number of rotatable bonds is 8. The van der Waals surface area contributed by atoms with Crippen molar-refractivity contribution in [3.8, 4) is 0 Å². The molecule has 9 nitrogen and oxygen atoms in total. The van der Waals surface area contributed by atoms with Crippen molar-refractivity contribution in [3.63, 3.8) is 0 Å². The Morgan fingerprint density at radius 1 is 0.938 bits per heavy atom. The molecule has 3 saturated heterocycles. The van der Waals surface area contributed by atoms with E-state index in [0.29, 0.717) is 44.5 Å². The molecule has 0 radical (unpaired) electrons. The summed E-state index contributed by atoms with van der Waals surface area (Å²) in [6, 6.07) is 15.2. The highest BCUT2D eigenvalue weighted by molar-refractivity contribution is 7.90. The van der Waals surface area contributed by atoms with E-state index in [1.807, 2.05) is 44.2 Å². The molecule has 2 unspecified atom stereocenters. The van der Waals surface area contributed by atoms with Crippen LogP contribution in [-0.4, -0.2) is 103 Å². The Hall–Kier alpha value is -3.45. The van der Waals surface area contributed by atoms with Crippen molar-refractivity contribution in [1.29, 1.82) is 0 Å². The number of piperidine rings is 1. The van der Waals surface area contributed by atoms with E-state index in [2.05, 4.69) is 4.90 Å². The first kappa shape index (κ1) is 34.4. The maximum absolute atomic E-state index is 14.1. The Morgan fingerprint density at radius 3 is 2.08 bits per heavy atom. The third kappa shape index (κ3) is 5.90. The molecule has 4 fully saturated rings. The van der Waals surface area contributed by atoms with Crippen LogP contribution in [0.25, 0.3) is 0 Å². The highest BCUT2D eigenvalue weighted by Gasteiger charge is 2.65. The van der Waals surface area contributed by atoms with Crippen LogP contribution in [-0.2, 0) is 26.0 Å². The minimum atomic E-state index is -4.58. The van der Waals surface area contributed by atoms with E-state index in [1.54, 1.807) is 17.0 Å². The van der Waals surface area contributed by atoms with Crippen molar-refractivity contribution in [3.05, 3.63) is 65.7 Å². The van der Waals surface area contributed by atoms with Gasteiger partial charge in [0, 0.05) is 50.9 Å². The van der Waals surface area contributed by atoms with E-state index in [9.17, 15) is 36.0 Å². The summed E-state index contributed by atoms with van der Waals surface area (Å²) in [5, 5.41) is 0. The molecule has 6 rings (SSSR count). The summed E-state index contributed by atoms with van der Waals surface area (Å²) in [5.74, 6) is -1.30. The average molecular weight is 689 g/mol. The Labute approximate surface area is 280 Å². The quantitative estimate of drug-likeness (QED) is 0.360. The summed E-state index contributed by atoms with van der Waals surface area (Å²) in [5.41, 5.74) is -1.67. The molecule has 4 aliphatic rings. The summed E-state index contributed by atoms with van der Waals surface area (Å²) in [4.78, 5) is 48.0. The second-order valence-corrected chi connectivity index (χ2v) is 16.3. The van der Waals surface area contributed by atoms with Gasteiger partial charge in [-0.1, -0.05) is 48.9 Å². The number of hydrogen-bond acceptors (Lipinski definition) is 6. The Morgan fingerprint density at radius 2 is 1.56 bits per heavy atom. The van der Waals surface area contributed by atoms with Crippen LogP contribution in [0.4, 0.5) is 18.0 Å². The maximum Gasteiger partial charge on any atom is 0.403 e. The molecule has 4 amide bonds. The van der Waals surface area contributed by atoms with Crippen LogP contribution in [0.1, 0.15) is 63.0 Å². The molecule has 48 heavy (non-hydrogen) atoms. The monoisotopic (exact) mass is 688 g/mol. The molecule has 3 heterocycles. The van der Waals surface area contributed by atoms with Crippen LogP contribution < -0.4 is 0 Å². The van der Waals surface area contributed by atoms with Crippen LogP contribution in [0.2, 0.25) is 0 Å². The molecule has 0 aromatic heterocycles. The minimum absolute atomic E-state index is 0.0283. The lowest BCUT2D eigenvalue weighted by molar-refractivity contribution is -0.248. The van der Waals surface area contributed by atoms with Gasteiger partial charge in [0.05, 0.1) is 11.4 Å². The number of benzene rings is 2. The third-order valence-corrected chi connectivity index (χ3v) is 12.2. The molecule has 1 saturated carbocycles. The van der Waals surface area contributed by atoms with Crippen LogP contribution in [0.15, 0.2) is 59.5 Å². The van der Waals surface area contributed by atoms with Crippen molar-refractivity contribution < 1.29 is 36.0 Å². The van der Waals surface area contributed by atoms with Crippen molar-refractivity contribution in [2.75, 3.05) is 39.0 Å². The number of imide groups is 1. The number of carbonyl (C=O) groups is 3. The zero-order chi connectivity index (χ0) is 34.6. The standard InChI is InChI=1S/C35H43F3N4O5S/c1-24(2)42-32(45)41(20-25-10-12-28(13-11-25)48(3,46)47)31(44)34(42)16-18-39(19-17-34)21-27-22-40(23-29(27)26-8-5-4-6-9-26)30(43)33(14-7-15-33)35(36,37)38/h4-6,8-13,24,27,29H,7,14-23H2,1-3H3. The van der Waals surface area contributed by atoms with Gasteiger partial charge in [-0.3, -0.25) is 14.5 Å². The number of sulfone groups is 1. The second kappa shape index (κ2) is 12.5. The fourth-order valence-electron chi connectivity index (χ4n) is 8.28. The molecule has 2 aromatic rings. The number of hydrogen-bond donors (Lipinski definition) is 0. The highest BCUT2D eigenvalue weighted by atomic mass is 32.2. The van der Waals surface area contributed by atoms with Gasteiger partial charge in [0.25, 0.3) is 5.91 Å². The molecule has 260 valence electrons. The van der Waals surface area contributed by atoms with E-state index in [0.717, 1.165) is 11.8 Å². The van der Waals surface area contributed by atoms with Crippen LogP contribution >= 0.6 is 0 Å². The number of halogens is 3. The summed E-state index contributed by atoms with van der Waals surface area (Å²) >= 11 is 0. The first-order chi connectivity index (χ1) is 22.6. The van der Waals surface area contributed by atoms with Gasteiger partial charge >= 0.3 is 12.2 Å². The first-order valence-corrected chi connectivity index (χ1v) is 18.5. The minimum Gasteiger partial charge on any atom is -0.341 e. The number of nitrogens with zero attached hydrogens (tertiary/aromatic N) is 4. The van der Waals surface area contributed by atoms with Gasteiger partial charge in [0.2, 0.25) is 5.91 Å². The largest absolute Gasteiger partial charge is 0.403 e. The summed E-state index contributed by atoms with van der Waals surface area (Å²) in [6.07, 6.45) is -2.59. The Kier molecular flexibility index (Phi) is 8.93.